The lowest BCUT2D eigenvalue weighted by Crippen LogP contribution is -1.93. The van der Waals surface area contributed by atoms with E-state index in [2.05, 4.69) is 9.97 Å². The molecule has 3 nitrogen and oxygen atoms in total. The van der Waals surface area contributed by atoms with Gasteiger partial charge in [0.2, 0.25) is 5.78 Å². The first kappa shape index (κ1) is 14.9. The van der Waals surface area contributed by atoms with Crippen molar-refractivity contribution in [3.8, 4) is 20.9 Å². The van der Waals surface area contributed by atoms with Crippen molar-refractivity contribution in [3.63, 3.8) is 0 Å². The van der Waals surface area contributed by atoms with Crippen LogP contribution in [-0.2, 0) is 0 Å². The highest BCUT2D eigenvalue weighted by molar-refractivity contribution is 7.20. The number of hydrogen-bond acceptors (Lipinski definition) is 5. The van der Waals surface area contributed by atoms with Crippen LogP contribution in [-0.4, -0.2) is 15.8 Å². The van der Waals surface area contributed by atoms with E-state index in [1.807, 2.05) is 48.5 Å². The fourth-order valence-electron chi connectivity index (χ4n) is 2.38. The lowest BCUT2D eigenvalue weighted by Gasteiger charge is -1.96. The summed E-state index contributed by atoms with van der Waals surface area (Å²) in [5, 5.41) is 0. The molecule has 0 aliphatic heterocycles. The number of carbonyl (C=O) groups excluding carboxylic acids is 1. The van der Waals surface area contributed by atoms with Crippen LogP contribution in [0.1, 0.15) is 14.5 Å². The zero-order valence-corrected chi connectivity index (χ0v) is 14.2. The lowest BCUT2D eigenvalue weighted by atomic mass is 10.2. The Labute approximate surface area is 147 Å². The van der Waals surface area contributed by atoms with E-state index < -0.39 is 0 Å². The predicted molar refractivity (Wildman–Crippen MR) is 98.5 cm³/mol. The first-order chi connectivity index (χ1) is 11.8. The lowest BCUT2D eigenvalue weighted by molar-refractivity contribution is 0.104. The largest absolute Gasteiger partial charge is 0.287 e. The maximum atomic E-state index is 12.7. The van der Waals surface area contributed by atoms with Crippen molar-refractivity contribution in [3.05, 3.63) is 83.1 Å². The third-order valence-corrected chi connectivity index (χ3v) is 5.86. The highest BCUT2D eigenvalue weighted by Gasteiger charge is 2.15. The van der Waals surface area contributed by atoms with Crippen LogP contribution in [0.15, 0.2) is 73.3 Å². The van der Waals surface area contributed by atoms with Gasteiger partial charge in [-0.2, -0.15) is 0 Å². The van der Waals surface area contributed by atoms with Crippen molar-refractivity contribution in [1.29, 1.82) is 0 Å². The molecule has 24 heavy (non-hydrogen) atoms. The van der Waals surface area contributed by atoms with Gasteiger partial charge >= 0.3 is 0 Å². The molecule has 4 aromatic rings. The minimum Gasteiger partial charge on any atom is -0.287 e. The minimum atomic E-state index is 0.0746. The Morgan fingerprint density at radius 1 is 0.625 bits per heavy atom. The van der Waals surface area contributed by atoms with Crippen molar-refractivity contribution in [2.24, 2.45) is 0 Å². The number of rotatable bonds is 4. The molecule has 0 radical (unpaired) electrons. The van der Waals surface area contributed by atoms with Crippen LogP contribution >= 0.6 is 22.7 Å². The third-order valence-electron chi connectivity index (χ3n) is 3.59. The van der Waals surface area contributed by atoms with Gasteiger partial charge in [-0.3, -0.25) is 14.8 Å². The number of aromatic nitrogens is 2. The zero-order chi connectivity index (χ0) is 16.4. The molecule has 0 saturated carbocycles. The van der Waals surface area contributed by atoms with Gasteiger partial charge in [-0.05, 0) is 59.7 Å². The molecule has 0 saturated heterocycles. The summed E-state index contributed by atoms with van der Waals surface area (Å²) in [6.45, 7) is 0. The summed E-state index contributed by atoms with van der Waals surface area (Å²) in [4.78, 5) is 24.4. The highest BCUT2D eigenvalue weighted by atomic mass is 32.1. The Morgan fingerprint density at radius 2 is 1.04 bits per heavy atom. The molecular weight excluding hydrogens is 336 g/mol. The van der Waals surface area contributed by atoms with E-state index in [4.69, 9.17) is 0 Å². The van der Waals surface area contributed by atoms with Gasteiger partial charge in [0.15, 0.2) is 0 Å². The van der Waals surface area contributed by atoms with Crippen molar-refractivity contribution in [2.45, 2.75) is 0 Å². The predicted octanol–water partition coefficient (Wildman–Crippen LogP) is 5.16. The molecule has 0 bridgehead atoms. The molecule has 116 valence electrons. The van der Waals surface area contributed by atoms with E-state index in [1.165, 1.54) is 22.7 Å². The van der Waals surface area contributed by atoms with E-state index in [0.717, 1.165) is 30.6 Å². The Morgan fingerprint density at radius 3 is 1.46 bits per heavy atom. The molecule has 0 atom stereocenters. The molecule has 0 aliphatic carbocycles. The van der Waals surface area contributed by atoms with Gasteiger partial charge in [0.05, 0.1) is 9.75 Å². The van der Waals surface area contributed by atoms with Gasteiger partial charge in [0.1, 0.15) is 0 Å². The molecule has 0 aromatic carbocycles. The standard InChI is InChI=1S/C19H12N2OS2/c22-19(17-3-1-15(23-17)13-5-9-20-10-6-13)18-4-2-16(24-18)14-7-11-21-12-8-14/h1-12H. The summed E-state index contributed by atoms with van der Waals surface area (Å²) in [6.07, 6.45) is 7.04. The third kappa shape index (κ3) is 2.91. The number of hydrogen-bond donors (Lipinski definition) is 0. The molecule has 0 aliphatic rings. The van der Waals surface area contributed by atoms with E-state index in [0.29, 0.717) is 0 Å². The Kier molecular flexibility index (Phi) is 4.02. The molecular formula is C19H12N2OS2. The molecule has 4 rings (SSSR count). The van der Waals surface area contributed by atoms with Gasteiger partial charge in [0, 0.05) is 34.5 Å². The second-order valence-electron chi connectivity index (χ2n) is 5.13. The molecule has 5 heteroatoms. The summed E-state index contributed by atoms with van der Waals surface area (Å²) in [5.74, 6) is 0.0746. The van der Waals surface area contributed by atoms with Crippen molar-refractivity contribution in [2.75, 3.05) is 0 Å². The van der Waals surface area contributed by atoms with Crippen LogP contribution in [0.2, 0.25) is 0 Å². The molecule has 0 fully saturated rings. The Balaban J connectivity index is 1.61. The van der Waals surface area contributed by atoms with Crippen molar-refractivity contribution < 1.29 is 4.79 Å². The van der Waals surface area contributed by atoms with E-state index in [-0.39, 0.29) is 5.78 Å². The summed E-state index contributed by atoms with van der Waals surface area (Å²) in [6, 6.07) is 15.6. The minimum absolute atomic E-state index is 0.0746. The quantitative estimate of drug-likeness (QED) is 0.478. The fraction of sp³-hybridized carbons (Fsp3) is 0. The van der Waals surface area contributed by atoms with Crippen LogP contribution in [0.25, 0.3) is 20.9 Å². The van der Waals surface area contributed by atoms with Gasteiger partial charge in [-0.25, -0.2) is 0 Å². The first-order valence-corrected chi connectivity index (χ1v) is 9.00. The van der Waals surface area contributed by atoms with Gasteiger partial charge in [-0.15, -0.1) is 22.7 Å². The molecule has 4 aromatic heterocycles. The number of thiophene rings is 2. The molecule has 0 N–H and O–H groups in total. The summed E-state index contributed by atoms with van der Waals surface area (Å²) in [7, 11) is 0. The maximum Gasteiger partial charge on any atom is 0.212 e. The summed E-state index contributed by atoms with van der Waals surface area (Å²) < 4.78 is 0. The SMILES string of the molecule is O=C(c1ccc(-c2ccncc2)s1)c1ccc(-c2ccncc2)s1. The monoisotopic (exact) mass is 348 g/mol. The van der Waals surface area contributed by atoms with Crippen LogP contribution in [0, 0.1) is 0 Å². The van der Waals surface area contributed by atoms with Crippen molar-refractivity contribution >= 4 is 28.5 Å². The number of carbonyl (C=O) groups is 1. The molecule has 4 heterocycles. The van der Waals surface area contributed by atoms with E-state index in [9.17, 15) is 4.79 Å². The van der Waals surface area contributed by atoms with Crippen LogP contribution in [0.3, 0.4) is 0 Å². The fourth-order valence-corrected chi connectivity index (χ4v) is 4.38. The molecule has 0 amide bonds. The van der Waals surface area contributed by atoms with Crippen LogP contribution < -0.4 is 0 Å². The Bertz CT molecular complexity index is 895. The zero-order valence-electron chi connectivity index (χ0n) is 12.5. The number of nitrogens with zero attached hydrogens (tertiary/aromatic N) is 2. The Hall–Kier alpha value is -2.63. The van der Waals surface area contributed by atoms with Crippen LogP contribution in [0.5, 0.6) is 0 Å². The number of pyridine rings is 2. The van der Waals surface area contributed by atoms with Gasteiger partial charge < -0.3 is 0 Å². The second kappa shape index (κ2) is 6.47. The maximum absolute atomic E-state index is 12.7. The topological polar surface area (TPSA) is 42.9 Å². The highest BCUT2D eigenvalue weighted by Crippen LogP contribution is 2.33. The van der Waals surface area contributed by atoms with Crippen molar-refractivity contribution in [1.82, 2.24) is 9.97 Å². The smallest absolute Gasteiger partial charge is 0.212 e. The average Bonchev–Trinajstić information content (AvgIpc) is 3.33. The van der Waals surface area contributed by atoms with Gasteiger partial charge in [0.25, 0.3) is 0 Å². The average molecular weight is 348 g/mol. The molecule has 0 unspecified atom stereocenters. The van der Waals surface area contributed by atoms with E-state index >= 15 is 0 Å². The normalized spacial score (nSPS) is 10.7. The van der Waals surface area contributed by atoms with Crippen LogP contribution in [0.4, 0.5) is 0 Å². The molecule has 0 spiro atoms. The second-order valence-corrected chi connectivity index (χ2v) is 7.30. The summed E-state index contributed by atoms with van der Waals surface area (Å²) in [5.41, 5.74) is 2.16. The number of ketones is 1. The van der Waals surface area contributed by atoms with Gasteiger partial charge in [-0.1, -0.05) is 0 Å². The van der Waals surface area contributed by atoms with E-state index in [1.54, 1.807) is 24.8 Å². The first-order valence-electron chi connectivity index (χ1n) is 7.36. The summed E-state index contributed by atoms with van der Waals surface area (Å²) >= 11 is 3.03.